The molecule has 0 amide bonds. The predicted octanol–water partition coefficient (Wildman–Crippen LogP) is 3.75. The molecule has 0 radical (unpaired) electrons. The molecule has 1 rings (SSSR count). The van der Waals surface area contributed by atoms with Crippen LogP contribution in [0.5, 0.6) is 0 Å². The maximum Gasteiger partial charge on any atom is 0.120 e. The Morgan fingerprint density at radius 2 is 1.45 bits per heavy atom. The van der Waals surface area contributed by atoms with Gasteiger partial charge in [0, 0.05) is 5.56 Å². The largest absolute Gasteiger partial charge is 0.380 e. The Balaban J connectivity index is 2.77. The van der Waals surface area contributed by atoms with E-state index in [4.69, 9.17) is 0 Å². The molecule has 0 saturated carbocycles. The summed E-state index contributed by atoms with van der Waals surface area (Å²) < 4.78 is 0. The first-order chi connectivity index (χ1) is 9.10. The highest BCUT2D eigenvalue weighted by molar-refractivity contribution is 5.42. The Kier molecular flexibility index (Phi) is 5.04. The van der Waals surface area contributed by atoms with Crippen molar-refractivity contribution >= 4 is 0 Å². The van der Waals surface area contributed by atoms with Crippen molar-refractivity contribution in [3.05, 3.63) is 35.4 Å². The van der Waals surface area contributed by atoms with Crippen molar-refractivity contribution in [1.82, 2.24) is 0 Å². The lowest BCUT2D eigenvalue weighted by atomic mass is 9.87. The van der Waals surface area contributed by atoms with Crippen molar-refractivity contribution in [1.29, 1.82) is 0 Å². The average molecular weight is 268 g/mol. The van der Waals surface area contributed by atoms with Crippen LogP contribution >= 0.6 is 0 Å². The highest BCUT2D eigenvalue weighted by atomic mass is 16.3. The highest BCUT2D eigenvalue weighted by Crippen LogP contribution is 2.21. The van der Waals surface area contributed by atoms with Crippen LogP contribution in [0.2, 0.25) is 0 Å². The van der Waals surface area contributed by atoms with E-state index in [2.05, 4.69) is 56.6 Å². The van der Waals surface area contributed by atoms with E-state index in [0.717, 1.165) is 5.56 Å². The molecule has 1 N–H and O–H groups in total. The number of rotatable bonds is 0. The maximum absolute atomic E-state index is 9.77. The fourth-order valence-corrected chi connectivity index (χ4v) is 1.48. The Hall–Kier alpha value is -1.70. The van der Waals surface area contributed by atoms with Crippen LogP contribution in [0.1, 0.15) is 52.7 Å². The van der Waals surface area contributed by atoms with Crippen molar-refractivity contribution in [2.24, 2.45) is 5.41 Å². The summed E-state index contributed by atoms with van der Waals surface area (Å²) in [4.78, 5) is 0. The van der Waals surface area contributed by atoms with Crippen molar-refractivity contribution in [3.8, 4) is 23.7 Å². The Morgan fingerprint density at radius 3 is 1.90 bits per heavy atom. The van der Waals surface area contributed by atoms with Crippen LogP contribution < -0.4 is 0 Å². The summed E-state index contributed by atoms with van der Waals surface area (Å²) in [5, 5.41) is 9.77. The second-order valence-corrected chi connectivity index (χ2v) is 7.12. The van der Waals surface area contributed by atoms with Crippen LogP contribution in [-0.2, 0) is 5.41 Å². The van der Waals surface area contributed by atoms with Gasteiger partial charge in [-0.1, -0.05) is 65.5 Å². The number of hydrogen-bond acceptors (Lipinski definition) is 1. The normalized spacial score (nSPS) is 12.8. The van der Waals surface area contributed by atoms with Gasteiger partial charge in [0.2, 0.25) is 0 Å². The second kappa shape index (κ2) is 6.17. The molecule has 0 spiro atoms. The minimum absolute atomic E-state index is 0.155. The third kappa shape index (κ3) is 5.12. The van der Waals surface area contributed by atoms with Crippen molar-refractivity contribution < 1.29 is 5.11 Å². The number of hydrogen-bond donors (Lipinski definition) is 1. The second-order valence-electron chi connectivity index (χ2n) is 7.12. The molecule has 0 saturated heterocycles. The van der Waals surface area contributed by atoms with Gasteiger partial charge >= 0.3 is 0 Å². The van der Waals surface area contributed by atoms with Gasteiger partial charge < -0.3 is 5.11 Å². The van der Waals surface area contributed by atoms with Gasteiger partial charge in [-0.2, -0.15) is 0 Å². The van der Waals surface area contributed by atoms with Gasteiger partial charge in [-0.05, 0) is 40.4 Å². The molecule has 0 bridgehead atoms. The van der Waals surface area contributed by atoms with Crippen LogP contribution in [-0.4, -0.2) is 11.2 Å². The molecule has 0 heterocycles. The molecular formula is C19H24O. The SMILES string of the molecule is CC(C)(C)c1ccc(C#CC#C[C@H](O)C(C)(C)C)cc1. The van der Waals surface area contributed by atoms with Gasteiger partial charge in [0.25, 0.3) is 0 Å². The first-order valence-corrected chi connectivity index (χ1v) is 6.91. The zero-order valence-corrected chi connectivity index (χ0v) is 13.3. The Morgan fingerprint density at radius 1 is 0.900 bits per heavy atom. The first kappa shape index (κ1) is 16.4. The molecule has 1 heteroatoms. The van der Waals surface area contributed by atoms with Gasteiger partial charge in [0.05, 0.1) is 0 Å². The van der Waals surface area contributed by atoms with Gasteiger partial charge in [-0.3, -0.25) is 0 Å². The molecule has 0 aliphatic rings. The molecule has 1 aromatic rings. The van der Waals surface area contributed by atoms with E-state index < -0.39 is 6.10 Å². The molecule has 1 aromatic carbocycles. The van der Waals surface area contributed by atoms with Crippen LogP contribution in [0.25, 0.3) is 0 Å². The van der Waals surface area contributed by atoms with Gasteiger partial charge in [-0.25, -0.2) is 0 Å². The summed E-state index contributed by atoms with van der Waals surface area (Å²) in [6.07, 6.45) is -0.653. The maximum atomic E-state index is 9.77. The summed E-state index contributed by atoms with van der Waals surface area (Å²) in [5.74, 6) is 11.3. The van der Waals surface area contributed by atoms with Crippen molar-refractivity contribution in [2.75, 3.05) is 0 Å². The third-order valence-corrected chi connectivity index (χ3v) is 3.05. The molecule has 106 valence electrons. The fourth-order valence-electron chi connectivity index (χ4n) is 1.48. The fraction of sp³-hybridized carbons (Fsp3) is 0.474. The van der Waals surface area contributed by atoms with Gasteiger partial charge in [0.15, 0.2) is 0 Å². The van der Waals surface area contributed by atoms with Gasteiger partial charge in [-0.15, -0.1) is 0 Å². The molecular weight excluding hydrogens is 244 g/mol. The molecule has 0 aliphatic heterocycles. The monoisotopic (exact) mass is 268 g/mol. The van der Waals surface area contributed by atoms with Crippen LogP contribution in [0, 0.1) is 29.1 Å². The van der Waals surface area contributed by atoms with Gasteiger partial charge in [0.1, 0.15) is 6.10 Å². The predicted molar refractivity (Wildman–Crippen MR) is 85.3 cm³/mol. The van der Waals surface area contributed by atoms with Crippen LogP contribution in [0.15, 0.2) is 24.3 Å². The minimum atomic E-state index is -0.653. The number of aliphatic hydroxyl groups excluding tert-OH is 1. The molecule has 0 aromatic heterocycles. The molecule has 1 nitrogen and oxygen atoms in total. The first-order valence-electron chi connectivity index (χ1n) is 6.91. The average Bonchev–Trinajstić information content (AvgIpc) is 2.32. The third-order valence-electron chi connectivity index (χ3n) is 3.05. The zero-order valence-electron chi connectivity index (χ0n) is 13.3. The van der Waals surface area contributed by atoms with E-state index in [1.54, 1.807) is 0 Å². The number of aliphatic hydroxyl groups is 1. The zero-order chi connectivity index (χ0) is 15.4. The lowest BCUT2D eigenvalue weighted by molar-refractivity contribution is 0.114. The Bertz CT molecular complexity index is 557. The van der Waals surface area contributed by atoms with Crippen LogP contribution in [0.3, 0.4) is 0 Å². The van der Waals surface area contributed by atoms with Crippen LogP contribution in [0.4, 0.5) is 0 Å². The van der Waals surface area contributed by atoms with E-state index in [-0.39, 0.29) is 10.8 Å². The lowest BCUT2D eigenvalue weighted by Gasteiger charge is -2.20. The van der Waals surface area contributed by atoms with E-state index >= 15 is 0 Å². The van der Waals surface area contributed by atoms with E-state index in [9.17, 15) is 5.11 Å². The molecule has 0 unspecified atom stereocenters. The molecule has 0 aliphatic carbocycles. The summed E-state index contributed by atoms with van der Waals surface area (Å²) in [7, 11) is 0. The van der Waals surface area contributed by atoms with E-state index in [1.807, 2.05) is 32.9 Å². The summed E-state index contributed by atoms with van der Waals surface area (Å²) in [6, 6.07) is 8.22. The minimum Gasteiger partial charge on any atom is -0.380 e. The summed E-state index contributed by atoms with van der Waals surface area (Å²) in [6.45, 7) is 12.4. The standard InChI is InChI=1S/C19H24O/c1-18(2,3)16-13-11-15(12-14-16)9-7-8-10-17(20)19(4,5)6/h11-14,17,20H,1-6H3/t17-/m0/s1. The van der Waals surface area contributed by atoms with E-state index in [0.29, 0.717) is 0 Å². The summed E-state index contributed by atoms with van der Waals surface area (Å²) in [5.41, 5.74) is 2.15. The highest BCUT2D eigenvalue weighted by Gasteiger charge is 2.19. The smallest absolute Gasteiger partial charge is 0.120 e. The molecule has 1 atom stereocenters. The molecule has 20 heavy (non-hydrogen) atoms. The summed E-state index contributed by atoms with van der Waals surface area (Å²) >= 11 is 0. The molecule has 0 fully saturated rings. The van der Waals surface area contributed by atoms with Crippen molar-refractivity contribution in [2.45, 2.75) is 53.1 Å². The lowest BCUT2D eigenvalue weighted by Crippen LogP contribution is -2.23. The topological polar surface area (TPSA) is 20.2 Å². The number of benzene rings is 1. The quantitative estimate of drug-likeness (QED) is 0.711. The Labute approximate surface area is 123 Å². The van der Waals surface area contributed by atoms with Crippen molar-refractivity contribution in [3.63, 3.8) is 0 Å². The van der Waals surface area contributed by atoms with E-state index in [1.165, 1.54) is 5.56 Å².